The Morgan fingerprint density at radius 2 is 0.469 bits per heavy atom. The number of phosphoric acid groups is 2. The summed E-state index contributed by atoms with van der Waals surface area (Å²) in [6.07, 6.45) is 56.9. The van der Waals surface area contributed by atoms with Crippen LogP contribution >= 0.6 is 15.6 Å². The standard InChI is InChI=1S/C79H154O17P2/c1-8-9-10-11-12-13-14-24-32-39-46-53-60-76(81)89-67-75(96-79(84)63-56-49-42-35-28-31-38-45-52-59-72(6)7)69-94-98(87,88)92-65-73(80)64-91-97(85,86)93-68-74(66-90-77(82)61-54-47-40-33-27-26-30-37-44-51-58-71(4)5)95-78(83)62-55-48-41-34-25-22-20-18-16-15-17-19-21-23-29-36-43-50-57-70(2)3/h70-75,80H,8-69H2,1-7H3,(H,85,86)(H,87,88)/t73-,74-,75-/m1/s1. The second-order valence-electron chi connectivity index (χ2n) is 29.9. The molecular weight excluding hydrogens is 1280 g/mol. The summed E-state index contributed by atoms with van der Waals surface area (Å²) in [6.45, 7) is 11.9. The Balaban J connectivity index is 5.22. The fraction of sp³-hybridized carbons (Fsp3) is 0.949. The number of ether oxygens (including phenoxy) is 4. The molecule has 0 aromatic heterocycles. The molecule has 0 saturated heterocycles. The van der Waals surface area contributed by atoms with Crippen LogP contribution in [0.25, 0.3) is 0 Å². The Morgan fingerprint density at radius 3 is 0.694 bits per heavy atom. The van der Waals surface area contributed by atoms with E-state index in [2.05, 4.69) is 48.5 Å². The molecule has 0 saturated carbocycles. The third-order valence-corrected chi connectivity index (χ3v) is 20.3. The SMILES string of the molecule is CCCCCCCCCCCCCCC(=O)OC[C@H](COP(=O)(O)OC[C@H](O)COP(=O)(O)OC[C@@H](COC(=O)CCCCCCCCCCCCC(C)C)OC(=O)CCCCCCCCCCCCCCCCCCCCC(C)C)OC(=O)CCCCCCCCCCCC(C)C. The van der Waals surface area contributed by atoms with Crippen molar-refractivity contribution in [2.24, 2.45) is 17.8 Å². The molecule has 3 N–H and O–H groups in total. The highest BCUT2D eigenvalue weighted by Gasteiger charge is 2.30. The largest absolute Gasteiger partial charge is 0.472 e. The second-order valence-corrected chi connectivity index (χ2v) is 32.8. The monoisotopic (exact) mass is 1440 g/mol. The predicted octanol–water partition coefficient (Wildman–Crippen LogP) is 23.4. The molecule has 0 spiro atoms. The molecular formula is C79H154O17P2. The van der Waals surface area contributed by atoms with Crippen LogP contribution in [0.5, 0.6) is 0 Å². The van der Waals surface area contributed by atoms with Crippen molar-refractivity contribution in [2.45, 2.75) is 426 Å². The van der Waals surface area contributed by atoms with Crippen molar-refractivity contribution >= 4 is 39.5 Å². The van der Waals surface area contributed by atoms with Crippen molar-refractivity contribution in [1.29, 1.82) is 0 Å². The molecule has 0 aliphatic heterocycles. The lowest BCUT2D eigenvalue weighted by Gasteiger charge is -2.21. The number of rotatable bonds is 77. The number of aliphatic hydroxyl groups is 1. The minimum atomic E-state index is -4.96. The van der Waals surface area contributed by atoms with Crippen molar-refractivity contribution in [1.82, 2.24) is 0 Å². The Bertz CT molecular complexity index is 1900. The van der Waals surface area contributed by atoms with Crippen LogP contribution in [0.4, 0.5) is 0 Å². The predicted molar refractivity (Wildman–Crippen MR) is 400 cm³/mol. The first kappa shape index (κ1) is 96.1. The maximum atomic E-state index is 13.1. The molecule has 0 rings (SSSR count). The normalized spacial score (nSPS) is 14.0. The quantitative estimate of drug-likeness (QED) is 0.0222. The number of hydrogen-bond acceptors (Lipinski definition) is 15. The smallest absolute Gasteiger partial charge is 0.462 e. The maximum absolute atomic E-state index is 13.1. The number of phosphoric ester groups is 2. The van der Waals surface area contributed by atoms with E-state index in [0.29, 0.717) is 25.7 Å². The first-order valence-electron chi connectivity index (χ1n) is 40.8. The van der Waals surface area contributed by atoms with Gasteiger partial charge in [0.05, 0.1) is 26.4 Å². The molecule has 19 heteroatoms. The summed E-state index contributed by atoms with van der Waals surface area (Å²) >= 11 is 0. The summed E-state index contributed by atoms with van der Waals surface area (Å²) in [5.74, 6) is 0.201. The zero-order valence-corrected chi connectivity index (χ0v) is 66.0. The van der Waals surface area contributed by atoms with Crippen LogP contribution in [0.2, 0.25) is 0 Å². The molecule has 2 unspecified atom stereocenters. The number of carbonyl (C=O) groups is 4. The second kappa shape index (κ2) is 69.4. The zero-order valence-electron chi connectivity index (χ0n) is 64.3. The highest BCUT2D eigenvalue weighted by molar-refractivity contribution is 7.47. The number of aliphatic hydroxyl groups excluding tert-OH is 1. The topological polar surface area (TPSA) is 237 Å². The molecule has 0 heterocycles. The van der Waals surface area contributed by atoms with Crippen LogP contribution in [0.1, 0.15) is 408 Å². The van der Waals surface area contributed by atoms with E-state index in [1.165, 1.54) is 218 Å². The Labute approximate surface area is 600 Å². The average molecular weight is 1440 g/mol. The first-order valence-corrected chi connectivity index (χ1v) is 43.8. The van der Waals surface area contributed by atoms with Crippen molar-refractivity contribution in [2.75, 3.05) is 39.6 Å². The zero-order chi connectivity index (χ0) is 72.3. The summed E-state index contributed by atoms with van der Waals surface area (Å²) in [6, 6.07) is 0. The molecule has 0 aliphatic rings. The molecule has 0 aromatic carbocycles. The van der Waals surface area contributed by atoms with Gasteiger partial charge in [0, 0.05) is 25.7 Å². The molecule has 5 atom stereocenters. The lowest BCUT2D eigenvalue weighted by Crippen LogP contribution is -2.30. The summed E-state index contributed by atoms with van der Waals surface area (Å²) in [4.78, 5) is 72.9. The van der Waals surface area contributed by atoms with Gasteiger partial charge in [0.15, 0.2) is 12.2 Å². The molecule has 582 valence electrons. The summed E-state index contributed by atoms with van der Waals surface area (Å²) in [5, 5.41) is 10.6. The van der Waals surface area contributed by atoms with E-state index < -0.39 is 97.5 Å². The molecule has 0 bridgehead atoms. The summed E-state index contributed by atoms with van der Waals surface area (Å²) < 4.78 is 68.6. The average Bonchev–Trinajstić information content (AvgIpc) is 1.17. The summed E-state index contributed by atoms with van der Waals surface area (Å²) in [5.41, 5.74) is 0. The van der Waals surface area contributed by atoms with Crippen molar-refractivity contribution in [3.63, 3.8) is 0 Å². The Morgan fingerprint density at radius 1 is 0.276 bits per heavy atom. The highest BCUT2D eigenvalue weighted by Crippen LogP contribution is 2.45. The van der Waals surface area contributed by atoms with Gasteiger partial charge in [0.25, 0.3) is 0 Å². The first-order chi connectivity index (χ1) is 47.2. The Hall–Kier alpha value is -1.94. The van der Waals surface area contributed by atoms with Crippen molar-refractivity contribution < 1.29 is 80.2 Å². The summed E-state index contributed by atoms with van der Waals surface area (Å²) in [7, 11) is -9.92. The number of unbranched alkanes of at least 4 members (excludes halogenated alkanes) is 45. The fourth-order valence-corrected chi connectivity index (χ4v) is 13.7. The third kappa shape index (κ3) is 72.4. The van der Waals surface area contributed by atoms with Gasteiger partial charge in [-0.2, -0.15) is 0 Å². The minimum absolute atomic E-state index is 0.106. The van der Waals surface area contributed by atoms with E-state index in [0.717, 1.165) is 108 Å². The van der Waals surface area contributed by atoms with Crippen LogP contribution in [0.15, 0.2) is 0 Å². The highest BCUT2D eigenvalue weighted by atomic mass is 31.2. The molecule has 0 fully saturated rings. The number of esters is 4. The van der Waals surface area contributed by atoms with E-state index >= 15 is 0 Å². The van der Waals surface area contributed by atoms with Crippen LogP contribution in [-0.4, -0.2) is 96.7 Å². The molecule has 0 radical (unpaired) electrons. The fourth-order valence-electron chi connectivity index (χ4n) is 12.1. The third-order valence-electron chi connectivity index (χ3n) is 18.4. The molecule has 0 amide bonds. The van der Waals surface area contributed by atoms with E-state index in [1.54, 1.807) is 0 Å². The van der Waals surface area contributed by atoms with Crippen molar-refractivity contribution in [3.8, 4) is 0 Å². The molecule has 0 aliphatic carbocycles. The van der Waals surface area contributed by atoms with Gasteiger partial charge in [-0.1, -0.05) is 357 Å². The van der Waals surface area contributed by atoms with Crippen LogP contribution < -0.4 is 0 Å². The number of carbonyl (C=O) groups excluding carboxylic acids is 4. The van der Waals surface area contributed by atoms with E-state index in [9.17, 15) is 43.2 Å². The van der Waals surface area contributed by atoms with Gasteiger partial charge >= 0.3 is 39.5 Å². The van der Waals surface area contributed by atoms with Gasteiger partial charge in [-0.15, -0.1) is 0 Å². The van der Waals surface area contributed by atoms with E-state index in [-0.39, 0.29) is 25.7 Å². The lowest BCUT2D eigenvalue weighted by molar-refractivity contribution is -0.161. The van der Waals surface area contributed by atoms with Crippen LogP contribution in [0.3, 0.4) is 0 Å². The molecule has 17 nitrogen and oxygen atoms in total. The van der Waals surface area contributed by atoms with Gasteiger partial charge in [0.2, 0.25) is 0 Å². The van der Waals surface area contributed by atoms with Gasteiger partial charge < -0.3 is 33.8 Å². The van der Waals surface area contributed by atoms with E-state index in [4.69, 9.17) is 37.0 Å². The van der Waals surface area contributed by atoms with E-state index in [1.807, 2.05) is 0 Å². The van der Waals surface area contributed by atoms with Crippen LogP contribution in [-0.2, 0) is 65.4 Å². The van der Waals surface area contributed by atoms with Crippen LogP contribution in [0, 0.1) is 17.8 Å². The number of hydrogen-bond donors (Lipinski definition) is 3. The van der Waals surface area contributed by atoms with Crippen molar-refractivity contribution in [3.05, 3.63) is 0 Å². The van der Waals surface area contributed by atoms with Gasteiger partial charge in [0.1, 0.15) is 19.3 Å². The molecule has 0 aromatic rings. The van der Waals surface area contributed by atoms with Gasteiger partial charge in [-0.25, -0.2) is 9.13 Å². The maximum Gasteiger partial charge on any atom is 0.472 e. The lowest BCUT2D eigenvalue weighted by atomic mass is 10.0. The Kier molecular flexibility index (Phi) is 68.1. The minimum Gasteiger partial charge on any atom is -0.462 e. The van der Waals surface area contributed by atoms with Gasteiger partial charge in [-0.05, 0) is 43.4 Å². The molecule has 98 heavy (non-hydrogen) atoms. The van der Waals surface area contributed by atoms with Gasteiger partial charge in [-0.3, -0.25) is 37.3 Å².